The molecule has 0 aromatic heterocycles. The molecule has 0 aromatic rings. The van der Waals surface area contributed by atoms with Crippen LogP contribution in [0.15, 0.2) is 0 Å². The van der Waals surface area contributed by atoms with Crippen molar-refractivity contribution in [1.82, 2.24) is 15.1 Å². The van der Waals surface area contributed by atoms with E-state index in [9.17, 15) is 9.59 Å². The van der Waals surface area contributed by atoms with E-state index in [2.05, 4.69) is 12.2 Å². The van der Waals surface area contributed by atoms with Crippen LogP contribution in [0.25, 0.3) is 0 Å². The third-order valence-electron chi connectivity index (χ3n) is 6.11. The van der Waals surface area contributed by atoms with Crippen LogP contribution in [0.4, 0.5) is 0 Å². The van der Waals surface area contributed by atoms with E-state index < -0.39 is 0 Å². The van der Waals surface area contributed by atoms with Gasteiger partial charge in [0.05, 0.1) is 0 Å². The monoisotopic (exact) mass is 335 g/mol. The molecule has 2 amide bonds. The first-order valence-electron chi connectivity index (χ1n) is 9.93. The Labute approximate surface area is 146 Å². The van der Waals surface area contributed by atoms with E-state index >= 15 is 0 Å². The molecule has 136 valence electrons. The zero-order valence-electron chi connectivity index (χ0n) is 15.1. The molecule has 1 N–H and O–H groups in total. The van der Waals surface area contributed by atoms with E-state index in [0.29, 0.717) is 36.9 Å². The van der Waals surface area contributed by atoms with Crippen LogP contribution in [0.2, 0.25) is 0 Å². The Morgan fingerprint density at radius 2 is 1.62 bits per heavy atom. The number of hydrogen-bond donors (Lipinski definition) is 1. The topological polar surface area (TPSA) is 52.7 Å². The largest absolute Gasteiger partial charge is 0.339 e. The van der Waals surface area contributed by atoms with Crippen LogP contribution in [0.5, 0.6) is 0 Å². The number of carbonyl (C=O) groups is 2. The number of nitrogens with one attached hydrogen (secondary N) is 1. The second kappa shape index (κ2) is 8.32. The number of piperidine rings is 1. The molecule has 3 fully saturated rings. The quantitative estimate of drug-likeness (QED) is 0.858. The van der Waals surface area contributed by atoms with Gasteiger partial charge in [0, 0.05) is 44.6 Å². The molecule has 2 heterocycles. The van der Waals surface area contributed by atoms with Gasteiger partial charge in [0.1, 0.15) is 0 Å². The molecule has 0 bridgehead atoms. The molecular formula is C19H33N3O2. The van der Waals surface area contributed by atoms with Crippen LogP contribution >= 0.6 is 0 Å². The summed E-state index contributed by atoms with van der Waals surface area (Å²) >= 11 is 0. The summed E-state index contributed by atoms with van der Waals surface area (Å²) in [5.74, 6) is 1.39. The van der Waals surface area contributed by atoms with Crippen molar-refractivity contribution in [3.8, 4) is 0 Å². The van der Waals surface area contributed by atoms with Gasteiger partial charge >= 0.3 is 0 Å². The Hall–Kier alpha value is -1.10. The molecule has 1 saturated carbocycles. The predicted octanol–water partition coefficient (Wildman–Crippen LogP) is 2.02. The van der Waals surface area contributed by atoms with Crippen LogP contribution in [-0.4, -0.2) is 60.4 Å². The Balaban J connectivity index is 1.43. The summed E-state index contributed by atoms with van der Waals surface area (Å²) in [7, 11) is 0. The summed E-state index contributed by atoms with van der Waals surface area (Å²) < 4.78 is 0. The zero-order chi connectivity index (χ0) is 16.9. The van der Waals surface area contributed by atoms with E-state index in [0.717, 1.165) is 38.9 Å². The Bertz CT molecular complexity index is 440. The lowest BCUT2D eigenvalue weighted by molar-refractivity contribution is -0.143. The SMILES string of the molecule is C[C@H]1C[C@@H](C(=O)N2CCN(C(=O)CC3CCCCC3)CC2)CCN1. The average Bonchev–Trinajstić information content (AvgIpc) is 2.62. The zero-order valence-corrected chi connectivity index (χ0v) is 15.1. The minimum atomic E-state index is 0.172. The lowest BCUT2D eigenvalue weighted by Crippen LogP contribution is -2.53. The highest BCUT2D eigenvalue weighted by molar-refractivity contribution is 5.80. The second-order valence-corrected chi connectivity index (χ2v) is 7.99. The van der Waals surface area contributed by atoms with Gasteiger partial charge in [-0.25, -0.2) is 0 Å². The highest BCUT2D eigenvalue weighted by atomic mass is 16.2. The molecule has 5 heteroatoms. The molecule has 1 aliphatic carbocycles. The van der Waals surface area contributed by atoms with Gasteiger partial charge in [-0.15, -0.1) is 0 Å². The van der Waals surface area contributed by atoms with Crippen molar-refractivity contribution in [3.05, 3.63) is 0 Å². The molecule has 2 aliphatic heterocycles. The van der Waals surface area contributed by atoms with Crippen molar-refractivity contribution in [2.24, 2.45) is 11.8 Å². The normalized spacial score (nSPS) is 29.5. The smallest absolute Gasteiger partial charge is 0.225 e. The molecule has 5 nitrogen and oxygen atoms in total. The van der Waals surface area contributed by atoms with Crippen molar-refractivity contribution in [2.45, 2.75) is 64.3 Å². The molecule has 24 heavy (non-hydrogen) atoms. The molecule has 3 rings (SSSR count). The van der Waals surface area contributed by atoms with Crippen molar-refractivity contribution < 1.29 is 9.59 Å². The first-order valence-corrected chi connectivity index (χ1v) is 9.93. The number of rotatable bonds is 3. The number of hydrogen-bond acceptors (Lipinski definition) is 3. The van der Waals surface area contributed by atoms with Crippen LogP contribution in [0.3, 0.4) is 0 Å². The van der Waals surface area contributed by atoms with Crippen LogP contribution in [0, 0.1) is 11.8 Å². The first kappa shape index (κ1) is 17.7. The van der Waals surface area contributed by atoms with Crippen molar-refractivity contribution in [1.29, 1.82) is 0 Å². The van der Waals surface area contributed by atoms with Crippen molar-refractivity contribution >= 4 is 11.8 Å². The number of nitrogens with zero attached hydrogens (tertiary/aromatic N) is 2. The van der Waals surface area contributed by atoms with Gasteiger partial charge < -0.3 is 15.1 Å². The summed E-state index contributed by atoms with van der Waals surface area (Å²) in [6.07, 6.45) is 8.96. The van der Waals surface area contributed by atoms with Crippen LogP contribution < -0.4 is 5.32 Å². The standard InChI is InChI=1S/C19H33N3O2/c1-15-13-17(7-8-20-15)19(24)22-11-9-21(10-12-22)18(23)14-16-5-3-2-4-6-16/h15-17,20H,2-14H2,1H3/t15-,17-/m0/s1. The lowest BCUT2D eigenvalue weighted by Gasteiger charge is -2.38. The Morgan fingerprint density at radius 1 is 0.958 bits per heavy atom. The fraction of sp³-hybridized carbons (Fsp3) is 0.895. The van der Waals surface area contributed by atoms with Crippen molar-refractivity contribution in [3.63, 3.8) is 0 Å². The van der Waals surface area contributed by atoms with E-state index in [1.54, 1.807) is 0 Å². The predicted molar refractivity (Wildman–Crippen MR) is 94.5 cm³/mol. The second-order valence-electron chi connectivity index (χ2n) is 7.99. The van der Waals surface area contributed by atoms with Gasteiger partial charge in [-0.05, 0) is 45.1 Å². The molecular weight excluding hydrogens is 302 g/mol. The molecule has 0 unspecified atom stereocenters. The Morgan fingerprint density at radius 3 is 2.29 bits per heavy atom. The molecule has 2 saturated heterocycles. The number of carbonyl (C=O) groups excluding carboxylic acids is 2. The fourth-order valence-electron chi connectivity index (χ4n) is 4.56. The first-order chi connectivity index (χ1) is 11.6. The fourth-order valence-corrected chi connectivity index (χ4v) is 4.56. The molecule has 0 spiro atoms. The summed E-state index contributed by atoms with van der Waals surface area (Å²) in [6, 6.07) is 0.436. The molecule has 0 aromatic carbocycles. The minimum Gasteiger partial charge on any atom is -0.339 e. The summed E-state index contributed by atoms with van der Waals surface area (Å²) in [6.45, 7) is 5.97. The van der Waals surface area contributed by atoms with Crippen LogP contribution in [0.1, 0.15) is 58.3 Å². The van der Waals surface area contributed by atoms with E-state index in [1.165, 1.54) is 32.1 Å². The maximum Gasteiger partial charge on any atom is 0.225 e. The van der Waals surface area contributed by atoms with Gasteiger partial charge in [-0.3, -0.25) is 9.59 Å². The number of piperazine rings is 1. The van der Waals surface area contributed by atoms with E-state index in [4.69, 9.17) is 0 Å². The molecule has 3 aliphatic rings. The average molecular weight is 335 g/mol. The third-order valence-corrected chi connectivity index (χ3v) is 6.11. The van der Waals surface area contributed by atoms with Gasteiger partial charge in [-0.2, -0.15) is 0 Å². The highest BCUT2D eigenvalue weighted by Gasteiger charge is 2.31. The third kappa shape index (κ3) is 4.50. The maximum atomic E-state index is 12.7. The highest BCUT2D eigenvalue weighted by Crippen LogP contribution is 2.27. The lowest BCUT2D eigenvalue weighted by atomic mass is 9.86. The maximum absolute atomic E-state index is 12.7. The molecule has 2 atom stereocenters. The van der Waals surface area contributed by atoms with Crippen molar-refractivity contribution in [2.75, 3.05) is 32.7 Å². The summed E-state index contributed by atoms with van der Waals surface area (Å²) in [5.41, 5.74) is 0. The van der Waals surface area contributed by atoms with E-state index in [-0.39, 0.29) is 5.92 Å². The van der Waals surface area contributed by atoms with Gasteiger partial charge in [0.25, 0.3) is 0 Å². The minimum absolute atomic E-state index is 0.172. The van der Waals surface area contributed by atoms with E-state index in [1.807, 2.05) is 9.80 Å². The van der Waals surface area contributed by atoms with Gasteiger partial charge in [0.2, 0.25) is 11.8 Å². The van der Waals surface area contributed by atoms with Gasteiger partial charge in [0.15, 0.2) is 0 Å². The van der Waals surface area contributed by atoms with Gasteiger partial charge in [-0.1, -0.05) is 19.3 Å². The molecule has 0 radical (unpaired) electrons. The summed E-state index contributed by atoms with van der Waals surface area (Å²) in [4.78, 5) is 29.2. The number of amides is 2. The Kier molecular flexibility index (Phi) is 6.14. The summed E-state index contributed by atoms with van der Waals surface area (Å²) in [5, 5.41) is 3.41. The van der Waals surface area contributed by atoms with Crippen LogP contribution in [-0.2, 0) is 9.59 Å².